The van der Waals surface area contributed by atoms with E-state index in [0.717, 1.165) is 25.6 Å². The van der Waals surface area contributed by atoms with Gasteiger partial charge in [0.05, 0.1) is 6.10 Å². The molecule has 1 saturated heterocycles. The van der Waals surface area contributed by atoms with Crippen molar-refractivity contribution in [3.05, 3.63) is 0 Å². The molecule has 0 bridgehead atoms. The van der Waals surface area contributed by atoms with Crippen LogP contribution in [-0.4, -0.2) is 59.4 Å². The Morgan fingerprint density at radius 3 is 2.62 bits per heavy atom. The first-order chi connectivity index (χ1) is 10.1. The molecule has 0 radical (unpaired) electrons. The zero-order valence-electron chi connectivity index (χ0n) is 13.2. The van der Waals surface area contributed by atoms with Crippen LogP contribution in [0.25, 0.3) is 0 Å². The number of aliphatic hydroxyl groups excluding tert-OH is 1. The van der Waals surface area contributed by atoms with Crippen LogP contribution < -0.4 is 15.1 Å². The molecule has 1 aromatic heterocycles. The first kappa shape index (κ1) is 15.8. The molecule has 0 saturated carbocycles. The van der Waals surface area contributed by atoms with Crippen LogP contribution in [0.3, 0.4) is 0 Å². The fraction of sp³-hybridized carbons (Fsp3) is 0.786. The molecule has 21 heavy (non-hydrogen) atoms. The number of nitrogens with one attached hydrogen (secondary N) is 1. The highest BCUT2D eigenvalue weighted by Gasteiger charge is 2.18. The van der Waals surface area contributed by atoms with Gasteiger partial charge < -0.3 is 20.2 Å². The number of hydrogen-bond donors (Lipinski definition) is 2. The smallest absolute Gasteiger partial charge is 0.231 e. The maximum absolute atomic E-state index is 9.41. The summed E-state index contributed by atoms with van der Waals surface area (Å²) in [6.07, 6.45) is 2.75. The summed E-state index contributed by atoms with van der Waals surface area (Å²) in [6.45, 7) is 7.32. The van der Waals surface area contributed by atoms with Crippen LogP contribution in [0.5, 0.6) is 0 Å². The predicted molar refractivity (Wildman–Crippen MR) is 85.0 cm³/mol. The zero-order valence-corrected chi connectivity index (χ0v) is 13.2. The van der Waals surface area contributed by atoms with E-state index in [4.69, 9.17) is 0 Å². The Morgan fingerprint density at radius 2 is 2.00 bits per heavy atom. The Morgan fingerprint density at radius 1 is 1.29 bits per heavy atom. The lowest BCUT2D eigenvalue weighted by Crippen LogP contribution is -2.27. The molecule has 1 unspecified atom stereocenters. The lowest BCUT2D eigenvalue weighted by molar-refractivity contribution is 0.186. The van der Waals surface area contributed by atoms with Gasteiger partial charge >= 0.3 is 0 Å². The van der Waals surface area contributed by atoms with Crippen molar-refractivity contribution in [2.24, 2.45) is 0 Å². The lowest BCUT2D eigenvalue weighted by atomic mass is 10.3. The summed E-state index contributed by atoms with van der Waals surface area (Å²) in [4.78, 5) is 17.7. The van der Waals surface area contributed by atoms with E-state index in [-0.39, 0.29) is 6.10 Å². The molecule has 118 valence electrons. The summed E-state index contributed by atoms with van der Waals surface area (Å²) in [7, 11) is 1.95. The summed E-state index contributed by atoms with van der Waals surface area (Å²) in [5, 5.41) is 12.6. The average molecular weight is 294 g/mol. The first-order valence-corrected chi connectivity index (χ1v) is 7.74. The molecule has 7 heteroatoms. The Balaban J connectivity index is 2.17. The molecule has 2 heterocycles. The summed E-state index contributed by atoms with van der Waals surface area (Å²) in [6, 6.07) is 0. The number of hydrogen-bond acceptors (Lipinski definition) is 7. The Hall–Kier alpha value is -1.63. The van der Waals surface area contributed by atoms with E-state index in [0.29, 0.717) is 24.9 Å². The fourth-order valence-electron chi connectivity index (χ4n) is 2.30. The van der Waals surface area contributed by atoms with Crippen LogP contribution in [-0.2, 0) is 0 Å². The molecular formula is C14H26N6O. The second kappa shape index (κ2) is 7.40. The van der Waals surface area contributed by atoms with E-state index < -0.39 is 0 Å². The lowest BCUT2D eigenvalue weighted by Gasteiger charge is -2.21. The highest BCUT2D eigenvalue weighted by molar-refractivity contribution is 5.45. The van der Waals surface area contributed by atoms with Gasteiger partial charge in [0.25, 0.3) is 0 Å². The second-order valence-corrected chi connectivity index (χ2v) is 5.54. The highest BCUT2D eigenvalue weighted by Crippen LogP contribution is 2.20. The summed E-state index contributed by atoms with van der Waals surface area (Å²) in [5.74, 6) is 2.02. The van der Waals surface area contributed by atoms with E-state index in [1.165, 1.54) is 12.8 Å². The van der Waals surface area contributed by atoms with Gasteiger partial charge in [-0.25, -0.2) is 0 Å². The Labute approximate surface area is 126 Å². The molecule has 0 spiro atoms. The van der Waals surface area contributed by atoms with Crippen LogP contribution in [0.15, 0.2) is 0 Å². The molecule has 1 aliphatic heterocycles. The Bertz CT molecular complexity index is 447. The average Bonchev–Trinajstić information content (AvgIpc) is 2.99. The minimum absolute atomic E-state index is 0.319. The molecular weight excluding hydrogens is 268 g/mol. The van der Waals surface area contributed by atoms with Gasteiger partial charge in [0.15, 0.2) is 0 Å². The van der Waals surface area contributed by atoms with Crippen LogP contribution >= 0.6 is 0 Å². The summed E-state index contributed by atoms with van der Waals surface area (Å²) in [5.41, 5.74) is 0. The van der Waals surface area contributed by atoms with Crippen LogP contribution in [0.2, 0.25) is 0 Å². The standard InChI is InChI=1S/C14H26N6O/c1-4-15-12-16-13(19(3)10-7-11(2)21)18-14(17-12)20-8-5-6-9-20/h11,21H,4-10H2,1-3H3,(H,15,16,17,18). The number of nitrogens with zero attached hydrogens (tertiary/aromatic N) is 5. The summed E-state index contributed by atoms with van der Waals surface area (Å²) < 4.78 is 0. The monoisotopic (exact) mass is 294 g/mol. The van der Waals surface area contributed by atoms with E-state index in [1.54, 1.807) is 6.92 Å². The third-order valence-electron chi connectivity index (χ3n) is 3.56. The van der Waals surface area contributed by atoms with Gasteiger partial charge in [0.2, 0.25) is 17.8 Å². The van der Waals surface area contributed by atoms with E-state index in [9.17, 15) is 5.11 Å². The van der Waals surface area contributed by atoms with Crippen molar-refractivity contribution in [2.45, 2.75) is 39.2 Å². The van der Waals surface area contributed by atoms with E-state index in [2.05, 4.69) is 25.2 Å². The van der Waals surface area contributed by atoms with E-state index >= 15 is 0 Å². The highest BCUT2D eigenvalue weighted by atomic mass is 16.3. The van der Waals surface area contributed by atoms with Gasteiger partial charge in [-0.2, -0.15) is 15.0 Å². The number of aliphatic hydroxyl groups is 1. The third kappa shape index (κ3) is 4.42. The van der Waals surface area contributed by atoms with Gasteiger partial charge in [0.1, 0.15) is 0 Å². The molecule has 2 N–H and O–H groups in total. The molecule has 1 atom stereocenters. The molecule has 1 aromatic rings. The molecule has 0 aliphatic carbocycles. The van der Waals surface area contributed by atoms with Gasteiger partial charge in [-0.05, 0) is 33.1 Å². The molecule has 0 aromatic carbocycles. The number of aromatic nitrogens is 3. The summed E-state index contributed by atoms with van der Waals surface area (Å²) >= 11 is 0. The minimum Gasteiger partial charge on any atom is -0.393 e. The fourth-order valence-corrected chi connectivity index (χ4v) is 2.30. The van der Waals surface area contributed by atoms with Crippen molar-refractivity contribution in [3.63, 3.8) is 0 Å². The number of rotatable bonds is 7. The van der Waals surface area contributed by atoms with Crippen molar-refractivity contribution in [2.75, 3.05) is 48.3 Å². The zero-order chi connectivity index (χ0) is 15.2. The van der Waals surface area contributed by atoms with Gasteiger partial charge in [-0.3, -0.25) is 0 Å². The SMILES string of the molecule is CCNc1nc(N(C)CCC(C)O)nc(N2CCCC2)n1. The van der Waals surface area contributed by atoms with Crippen molar-refractivity contribution < 1.29 is 5.11 Å². The normalized spacial score (nSPS) is 16.1. The second-order valence-electron chi connectivity index (χ2n) is 5.54. The van der Waals surface area contributed by atoms with Gasteiger partial charge in [0, 0.05) is 33.2 Å². The number of anilines is 3. The van der Waals surface area contributed by atoms with Crippen molar-refractivity contribution >= 4 is 17.8 Å². The molecule has 0 amide bonds. The molecule has 1 fully saturated rings. The third-order valence-corrected chi connectivity index (χ3v) is 3.56. The predicted octanol–water partition coefficient (Wildman–Crippen LogP) is 1.11. The first-order valence-electron chi connectivity index (χ1n) is 7.74. The van der Waals surface area contributed by atoms with Crippen molar-refractivity contribution in [1.29, 1.82) is 0 Å². The molecule has 1 aliphatic rings. The van der Waals surface area contributed by atoms with Crippen molar-refractivity contribution in [1.82, 2.24) is 15.0 Å². The van der Waals surface area contributed by atoms with Crippen LogP contribution in [0, 0.1) is 0 Å². The van der Waals surface area contributed by atoms with Crippen LogP contribution in [0.4, 0.5) is 17.8 Å². The van der Waals surface area contributed by atoms with Gasteiger partial charge in [-0.1, -0.05) is 0 Å². The largest absolute Gasteiger partial charge is 0.393 e. The quantitative estimate of drug-likeness (QED) is 0.780. The molecule has 7 nitrogen and oxygen atoms in total. The van der Waals surface area contributed by atoms with Crippen LogP contribution in [0.1, 0.15) is 33.1 Å². The maximum Gasteiger partial charge on any atom is 0.231 e. The maximum atomic E-state index is 9.41. The van der Waals surface area contributed by atoms with Crippen molar-refractivity contribution in [3.8, 4) is 0 Å². The van der Waals surface area contributed by atoms with Gasteiger partial charge in [-0.15, -0.1) is 0 Å². The Kier molecular flexibility index (Phi) is 5.55. The van der Waals surface area contributed by atoms with E-state index in [1.807, 2.05) is 18.9 Å². The topological polar surface area (TPSA) is 77.4 Å². The minimum atomic E-state index is -0.319. The molecule has 2 rings (SSSR count).